The van der Waals surface area contributed by atoms with Gasteiger partial charge in [0.15, 0.2) is 0 Å². The number of hydrogen-bond acceptors (Lipinski definition) is 1. The van der Waals surface area contributed by atoms with Gasteiger partial charge in [0.05, 0.1) is 0 Å². The quantitative estimate of drug-likeness (QED) is 0.361. The van der Waals surface area contributed by atoms with E-state index in [9.17, 15) is 0 Å². The SMILES string of the molecule is CCCCCC(C)=CCCC(C)=CCOc1ccccc1. The molecule has 0 bridgehead atoms. The van der Waals surface area contributed by atoms with Gasteiger partial charge in [0, 0.05) is 0 Å². The monoisotopic (exact) mass is 286 g/mol. The number of para-hydroxylation sites is 1. The molecule has 0 radical (unpaired) electrons. The van der Waals surface area contributed by atoms with Crippen LogP contribution < -0.4 is 4.74 Å². The maximum Gasteiger partial charge on any atom is 0.119 e. The smallest absolute Gasteiger partial charge is 0.119 e. The lowest BCUT2D eigenvalue weighted by molar-refractivity contribution is 0.361. The first kappa shape index (κ1) is 17.6. The second kappa shape index (κ2) is 11.2. The van der Waals surface area contributed by atoms with Crippen LogP contribution in [0.2, 0.25) is 0 Å². The predicted molar refractivity (Wildman–Crippen MR) is 92.8 cm³/mol. The van der Waals surface area contributed by atoms with E-state index in [1.807, 2.05) is 30.3 Å². The molecule has 0 atom stereocenters. The molecule has 0 N–H and O–H groups in total. The average molecular weight is 286 g/mol. The Bertz CT molecular complexity index is 428. The summed E-state index contributed by atoms with van der Waals surface area (Å²) in [6.45, 7) is 7.36. The van der Waals surface area contributed by atoms with Crippen molar-refractivity contribution in [2.75, 3.05) is 6.61 Å². The van der Waals surface area contributed by atoms with Gasteiger partial charge in [-0.05, 0) is 57.7 Å². The first-order chi connectivity index (χ1) is 10.2. The molecule has 0 saturated carbocycles. The van der Waals surface area contributed by atoms with Gasteiger partial charge in [-0.2, -0.15) is 0 Å². The maximum absolute atomic E-state index is 5.68. The van der Waals surface area contributed by atoms with E-state index in [1.165, 1.54) is 36.8 Å². The highest BCUT2D eigenvalue weighted by Crippen LogP contribution is 2.13. The van der Waals surface area contributed by atoms with Crippen molar-refractivity contribution in [1.29, 1.82) is 0 Å². The van der Waals surface area contributed by atoms with E-state index < -0.39 is 0 Å². The van der Waals surface area contributed by atoms with Crippen molar-refractivity contribution in [2.24, 2.45) is 0 Å². The number of rotatable bonds is 10. The van der Waals surface area contributed by atoms with Crippen LogP contribution in [0.25, 0.3) is 0 Å². The van der Waals surface area contributed by atoms with E-state index in [1.54, 1.807) is 0 Å². The first-order valence-corrected chi connectivity index (χ1v) is 8.21. The van der Waals surface area contributed by atoms with Crippen LogP contribution in [0.4, 0.5) is 0 Å². The summed E-state index contributed by atoms with van der Waals surface area (Å²) in [4.78, 5) is 0. The van der Waals surface area contributed by atoms with E-state index in [0.717, 1.165) is 18.6 Å². The second-order valence-corrected chi connectivity index (χ2v) is 5.72. The molecule has 0 unspecified atom stereocenters. The lowest BCUT2D eigenvalue weighted by Gasteiger charge is -2.04. The molecular formula is C20H30O. The summed E-state index contributed by atoms with van der Waals surface area (Å²) in [5.41, 5.74) is 2.94. The topological polar surface area (TPSA) is 9.23 Å². The lowest BCUT2D eigenvalue weighted by atomic mass is 10.1. The highest BCUT2D eigenvalue weighted by atomic mass is 16.5. The molecular weight excluding hydrogens is 256 g/mol. The van der Waals surface area contributed by atoms with Gasteiger partial charge in [0.2, 0.25) is 0 Å². The molecule has 0 heterocycles. The Morgan fingerprint density at radius 1 is 0.952 bits per heavy atom. The van der Waals surface area contributed by atoms with Gasteiger partial charge in [-0.15, -0.1) is 0 Å². The van der Waals surface area contributed by atoms with Gasteiger partial charge in [-0.25, -0.2) is 0 Å². The third kappa shape index (κ3) is 9.12. The van der Waals surface area contributed by atoms with Crippen molar-refractivity contribution in [3.8, 4) is 5.75 Å². The van der Waals surface area contributed by atoms with Crippen molar-refractivity contribution in [1.82, 2.24) is 0 Å². The van der Waals surface area contributed by atoms with Crippen molar-refractivity contribution in [3.63, 3.8) is 0 Å². The van der Waals surface area contributed by atoms with Crippen molar-refractivity contribution < 1.29 is 4.74 Å². The molecule has 0 amide bonds. The minimum absolute atomic E-state index is 0.662. The zero-order valence-electron chi connectivity index (χ0n) is 13.9. The van der Waals surface area contributed by atoms with E-state index >= 15 is 0 Å². The average Bonchev–Trinajstić information content (AvgIpc) is 2.48. The summed E-state index contributed by atoms with van der Waals surface area (Å²) in [7, 11) is 0. The molecule has 1 heteroatoms. The standard InChI is InChI=1S/C20H30O/c1-4-5-7-11-18(2)12-10-13-19(3)16-17-21-20-14-8-6-9-15-20/h6,8-9,12,14-16H,4-5,7,10-11,13,17H2,1-3H3. The minimum atomic E-state index is 0.662. The molecule has 1 rings (SSSR count). The molecule has 0 fully saturated rings. The zero-order chi connectivity index (χ0) is 15.3. The van der Waals surface area contributed by atoms with Gasteiger partial charge < -0.3 is 4.74 Å². The van der Waals surface area contributed by atoms with Crippen LogP contribution in [-0.4, -0.2) is 6.61 Å². The molecule has 1 nitrogen and oxygen atoms in total. The van der Waals surface area contributed by atoms with Gasteiger partial charge in [-0.3, -0.25) is 0 Å². The molecule has 21 heavy (non-hydrogen) atoms. The van der Waals surface area contributed by atoms with Crippen molar-refractivity contribution in [2.45, 2.75) is 59.3 Å². The molecule has 0 aromatic heterocycles. The number of allylic oxidation sites excluding steroid dienone is 3. The lowest BCUT2D eigenvalue weighted by Crippen LogP contribution is -1.94. The van der Waals surface area contributed by atoms with Crippen LogP contribution in [0.3, 0.4) is 0 Å². The Labute approximate surface area is 130 Å². The second-order valence-electron chi connectivity index (χ2n) is 5.72. The molecule has 0 aliphatic carbocycles. The summed E-state index contributed by atoms with van der Waals surface area (Å²) in [6.07, 6.45) is 12.1. The Morgan fingerprint density at radius 2 is 1.67 bits per heavy atom. The van der Waals surface area contributed by atoms with E-state index in [0.29, 0.717) is 6.61 Å². The van der Waals surface area contributed by atoms with Gasteiger partial charge in [0.1, 0.15) is 12.4 Å². The predicted octanol–water partition coefficient (Wildman–Crippen LogP) is 6.32. The van der Waals surface area contributed by atoms with Crippen LogP contribution in [-0.2, 0) is 0 Å². The van der Waals surface area contributed by atoms with E-state index in [2.05, 4.69) is 32.9 Å². The summed E-state index contributed by atoms with van der Waals surface area (Å²) in [5.74, 6) is 0.938. The Kier molecular flexibility index (Phi) is 9.35. The van der Waals surface area contributed by atoms with Crippen molar-refractivity contribution in [3.05, 3.63) is 53.6 Å². The van der Waals surface area contributed by atoms with Crippen LogP contribution in [0, 0.1) is 0 Å². The number of benzene rings is 1. The van der Waals surface area contributed by atoms with E-state index in [-0.39, 0.29) is 0 Å². The van der Waals surface area contributed by atoms with Crippen molar-refractivity contribution >= 4 is 0 Å². The number of unbranched alkanes of at least 4 members (excludes halogenated alkanes) is 2. The summed E-state index contributed by atoms with van der Waals surface area (Å²) in [6, 6.07) is 9.98. The third-order valence-electron chi connectivity index (χ3n) is 3.63. The van der Waals surface area contributed by atoms with Gasteiger partial charge in [-0.1, -0.05) is 55.2 Å². The first-order valence-electron chi connectivity index (χ1n) is 8.21. The van der Waals surface area contributed by atoms with Gasteiger partial charge in [0.25, 0.3) is 0 Å². The highest BCUT2D eigenvalue weighted by molar-refractivity contribution is 5.21. The molecule has 1 aromatic rings. The fourth-order valence-corrected chi connectivity index (χ4v) is 2.20. The zero-order valence-corrected chi connectivity index (χ0v) is 13.9. The van der Waals surface area contributed by atoms with Crippen LogP contribution in [0.5, 0.6) is 5.75 Å². The number of ether oxygens (including phenoxy) is 1. The third-order valence-corrected chi connectivity index (χ3v) is 3.63. The Morgan fingerprint density at radius 3 is 2.38 bits per heavy atom. The molecule has 0 aliphatic heterocycles. The molecule has 116 valence electrons. The highest BCUT2D eigenvalue weighted by Gasteiger charge is 1.93. The molecule has 0 spiro atoms. The molecule has 0 saturated heterocycles. The summed E-state index contributed by atoms with van der Waals surface area (Å²) >= 11 is 0. The summed E-state index contributed by atoms with van der Waals surface area (Å²) in [5, 5.41) is 0. The van der Waals surface area contributed by atoms with Gasteiger partial charge >= 0.3 is 0 Å². The largest absolute Gasteiger partial charge is 0.490 e. The van der Waals surface area contributed by atoms with E-state index in [4.69, 9.17) is 4.74 Å². The van der Waals surface area contributed by atoms with Crippen LogP contribution >= 0.6 is 0 Å². The fourth-order valence-electron chi connectivity index (χ4n) is 2.20. The van der Waals surface area contributed by atoms with Crippen LogP contribution in [0.15, 0.2) is 53.6 Å². The van der Waals surface area contributed by atoms with Crippen LogP contribution in [0.1, 0.15) is 59.3 Å². The maximum atomic E-state index is 5.68. The Hall–Kier alpha value is -1.50. The Balaban J connectivity index is 2.19. The minimum Gasteiger partial charge on any atom is -0.490 e. The molecule has 0 aliphatic rings. The normalized spacial score (nSPS) is 12.5. The molecule has 1 aromatic carbocycles. The fraction of sp³-hybridized carbons (Fsp3) is 0.500. The summed E-state index contributed by atoms with van der Waals surface area (Å²) < 4.78 is 5.68. The number of hydrogen-bond donors (Lipinski definition) is 0.